The Morgan fingerprint density at radius 3 is 2.36 bits per heavy atom. The highest BCUT2D eigenvalue weighted by Crippen LogP contribution is 2.47. The maximum atomic E-state index is 13.5. The third kappa shape index (κ3) is 4.92. The second-order valence-corrected chi connectivity index (χ2v) is 9.57. The van der Waals surface area contributed by atoms with Crippen molar-refractivity contribution in [2.24, 2.45) is 0 Å². The van der Waals surface area contributed by atoms with Gasteiger partial charge in [-0.1, -0.05) is 11.3 Å². The van der Waals surface area contributed by atoms with Gasteiger partial charge in [-0.2, -0.15) is 0 Å². The molecule has 0 aliphatic carbocycles. The molecule has 0 unspecified atom stereocenters. The zero-order valence-electron chi connectivity index (χ0n) is 22.4. The molecule has 1 atom stereocenters. The Bertz CT molecular complexity index is 1490. The molecule has 0 radical (unpaired) electrons. The first-order chi connectivity index (χ1) is 18.7. The molecule has 204 valence electrons. The number of amides is 1. The number of aliphatic hydroxyl groups excluding tert-OH is 1. The molecule has 0 spiro atoms. The average molecular weight is 553 g/mol. The van der Waals surface area contributed by atoms with Crippen molar-refractivity contribution in [1.82, 2.24) is 4.98 Å². The number of methoxy groups -OCH3 is 3. The second kappa shape index (κ2) is 11.2. The number of carbonyl (C=O) groups is 3. The van der Waals surface area contributed by atoms with Crippen LogP contribution in [-0.4, -0.2) is 55.7 Å². The summed E-state index contributed by atoms with van der Waals surface area (Å²) in [5, 5.41) is 11.6. The highest BCUT2D eigenvalue weighted by molar-refractivity contribution is 7.17. The zero-order chi connectivity index (χ0) is 28.4. The minimum atomic E-state index is -1.12. The number of aliphatic hydroxyl groups is 1. The molecule has 3 aromatic rings. The van der Waals surface area contributed by atoms with Gasteiger partial charge in [-0.3, -0.25) is 14.5 Å². The van der Waals surface area contributed by atoms with E-state index in [0.29, 0.717) is 34.1 Å². The van der Waals surface area contributed by atoms with Gasteiger partial charge < -0.3 is 24.1 Å². The molecule has 2 aromatic carbocycles. The lowest BCUT2D eigenvalue weighted by atomic mass is 9.94. The van der Waals surface area contributed by atoms with Gasteiger partial charge in [0.05, 0.1) is 39.2 Å². The van der Waals surface area contributed by atoms with Crippen LogP contribution in [0.2, 0.25) is 0 Å². The summed E-state index contributed by atoms with van der Waals surface area (Å²) in [6.07, 6.45) is 0. The topological polar surface area (TPSA) is 124 Å². The van der Waals surface area contributed by atoms with E-state index in [9.17, 15) is 19.5 Å². The Morgan fingerprint density at radius 1 is 1.03 bits per heavy atom. The summed E-state index contributed by atoms with van der Waals surface area (Å²) in [7, 11) is 4.48. The van der Waals surface area contributed by atoms with Crippen molar-refractivity contribution >= 4 is 39.9 Å². The normalized spacial score (nSPS) is 16.4. The monoisotopic (exact) mass is 552 g/mol. The van der Waals surface area contributed by atoms with Gasteiger partial charge in [0.1, 0.15) is 33.9 Å². The number of hydrogen-bond acceptors (Lipinski definition) is 10. The van der Waals surface area contributed by atoms with Crippen LogP contribution in [0, 0.1) is 13.8 Å². The first kappa shape index (κ1) is 27.6. The third-order valence-corrected chi connectivity index (χ3v) is 7.44. The van der Waals surface area contributed by atoms with E-state index in [1.807, 2.05) is 0 Å². The zero-order valence-corrected chi connectivity index (χ0v) is 23.2. The number of anilines is 1. The van der Waals surface area contributed by atoms with Gasteiger partial charge in [0.25, 0.3) is 5.78 Å². The van der Waals surface area contributed by atoms with E-state index in [2.05, 4.69) is 4.98 Å². The van der Waals surface area contributed by atoms with Crippen LogP contribution in [0.1, 0.15) is 45.0 Å². The van der Waals surface area contributed by atoms with Gasteiger partial charge >= 0.3 is 11.9 Å². The first-order valence-electron chi connectivity index (χ1n) is 12.0. The molecule has 0 saturated carbocycles. The summed E-state index contributed by atoms with van der Waals surface area (Å²) < 4.78 is 21.3. The predicted octanol–water partition coefficient (Wildman–Crippen LogP) is 4.59. The Kier molecular flexibility index (Phi) is 7.91. The van der Waals surface area contributed by atoms with Crippen LogP contribution in [0.5, 0.6) is 17.2 Å². The van der Waals surface area contributed by atoms with Crippen LogP contribution in [0.4, 0.5) is 5.13 Å². The summed E-state index contributed by atoms with van der Waals surface area (Å²) in [6, 6.07) is 8.74. The number of nitrogens with zero attached hydrogens (tertiary/aromatic N) is 2. The Hall–Kier alpha value is -4.38. The van der Waals surface area contributed by atoms with E-state index < -0.39 is 23.7 Å². The van der Waals surface area contributed by atoms with Crippen LogP contribution < -0.4 is 19.1 Å². The van der Waals surface area contributed by atoms with E-state index in [1.165, 1.54) is 26.2 Å². The number of rotatable bonds is 8. The van der Waals surface area contributed by atoms with Gasteiger partial charge in [-0.05, 0) is 56.7 Å². The molecule has 1 aromatic heterocycles. The Labute approximate surface area is 229 Å². The molecule has 11 heteroatoms. The number of ether oxygens (including phenoxy) is 4. The van der Waals surface area contributed by atoms with Crippen LogP contribution in [0.3, 0.4) is 0 Å². The Morgan fingerprint density at radius 2 is 1.74 bits per heavy atom. The molecule has 1 aliphatic heterocycles. The molecule has 0 bridgehead atoms. The van der Waals surface area contributed by atoms with Crippen molar-refractivity contribution in [2.45, 2.75) is 26.8 Å². The largest absolute Gasteiger partial charge is 0.507 e. The van der Waals surface area contributed by atoms with Gasteiger partial charge in [0.2, 0.25) is 0 Å². The molecule has 4 rings (SSSR count). The lowest BCUT2D eigenvalue weighted by molar-refractivity contribution is -0.132. The number of benzene rings is 2. The maximum Gasteiger partial charge on any atom is 0.350 e. The number of ketones is 1. The molecule has 39 heavy (non-hydrogen) atoms. The van der Waals surface area contributed by atoms with Crippen molar-refractivity contribution in [1.29, 1.82) is 0 Å². The van der Waals surface area contributed by atoms with Gasteiger partial charge in [0.15, 0.2) is 5.13 Å². The third-order valence-electron chi connectivity index (χ3n) is 6.30. The minimum Gasteiger partial charge on any atom is -0.507 e. The highest BCUT2D eigenvalue weighted by atomic mass is 32.1. The van der Waals surface area contributed by atoms with E-state index in [0.717, 1.165) is 16.9 Å². The van der Waals surface area contributed by atoms with E-state index in [1.54, 1.807) is 57.2 Å². The molecular weight excluding hydrogens is 524 g/mol. The number of esters is 1. The fraction of sp³-hybridized carbons (Fsp3) is 0.286. The standard InChI is InChI=1S/C28H28N2O8S/c1-7-38-27(34)25-15(3)29-28(39-25)30-22(18-10-9-17(35-4)13-20(18)37-6)21(24(32)26(30)33)23(31)16-8-11-19(36-5)14(2)12-16/h8-13,22,31H,7H2,1-6H3/t22-/m1/s1. The lowest BCUT2D eigenvalue weighted by Crippen LogP contribution is -2.29. The summed E-state index contributed by atoms with van der Waals surface area (Å²) in [5.74, 6) is -1.35. The van der Waals surface area contributed by atoms with Crippen LogP contribution in [-0.2, 0) is 14.3 Å². The highest BCUT2D eigenvalue weighted by Gasteiger charge is 2.49. The average Bonchev–Trinajstić information content (AvgIpc) is 3.44. The van der Waals surface area contributed by atoms with Gasteiger partial charge in [-0.15, -0.1) is 0 Å². The molecular formula is C28H28N2O8S. The number of thiazole rings is 1. The first-order valence-corrected chi connectivity index (χ1v) is 12.8. The summed E-state index contributed by atoms with van der Waals surface area (Å²) in [6.45, 7) is 5.27. The van der Waals surface area contributed by atoms with Crippen molar-refractivity contribution in [3.8, 4) is 17.2 Å². The Balaban J connectivity index is 1.97. The quantitative estimate of drug-likeness (QED) is 0.185. The van der Waals surface area contributed by atoms with Crippen LogP contribution in [0.15, 0.2) is 42.0 Å². The lowest BCUT2D eigenvalue weighted by Gasteiger charge is -2.25. The molecule has 1 N–H and O–H groups in total. The van der Waals surface area contributed by atoms with Crippen molar-refractivity contribution in [3.05, 3.63) is 69.2 Å². The number of aryl methyl sites for hydroxylation is 2. The fourth-order valence-electron chi connectivity index (χ4n) is 4.42. The van der Waals surface area contributed by atoms with E-state index in [4.69, 9.17) is 18.9 Å². The molecule has 10 nitrogen and oxygen atoms in total. The SMILES string of the molecule is CCOC(=O)c1sc(N2C(=O)C(=O)C(=C(O)c3ccc(OC)c(C)c3)[C@H]2c2ccc(OC)cc2OC)nc1C. The summed E-state index contributed by atoms with van der Waals surface area (Å²) >= 11 is 0.928. The number of carbonyl (C=O) groups excluding carboxylic acids is 3. The van der Waals surface area contributed by atoms with Crippen LogP contribution in [0.25, 0.3) is 5.76 Å². The smallest absolute Gasteiger partial charge is 0.350 e. The molecule has 1 aliphatic rings. The minimum absolute atomic E-state index is 0.102. The molecule has 1 amide bonds. The van der Waals surface area contributed by atoms with Crippen molar-refractivity contribution < 1.29 is 38.4 Å². The number of aromatic nitrogens is 1. The maximum absolute atomic E-state index is 13.5. The molecule has 1 fully saturated rings. The molecule has 1 saturated heterocycles. The summed E-state index contributed by atoms with van der Waals surface area (Å²) in [4.78, 5) is 45.4. The number of Topliss-reactive ketones (excluding diaryl/α,β-unsaturated/α-hetero) is 1. The van der Waals surface area contributed by atoms with Gasteiger partial charge in [0, 0.05) is 17.2 Å². The number of hydrogen-bond donors (Lipinski definition) is 1. The van der Waals surface area contributed by atoms with E-state index >= 15 is 0 Å². The van der Waals surface area contributed by atoms with Crippen molar-refractivity contribution in [2.75, 3.05) is 32.8 Å². The van der Waals surface area contributed by atoms with Gasteiger partial charge in [-0.25, -0.2) is 9.78 Å². The van der Waals surface area contributed by atoms with Crippen molar-refractivity contribution in [3.63, 3.8) is 0 Å². The fourth-order valence-corrected chi connectivity index (χ4v) is 5.41. The summed E-state index contributed by atoms with van der Waals surface area (Å²) in [5.41, 5.74) is 1.66. The second-order valence-electron chi connectivity index (χ2n) is 8.59. The molecule has 2 heterocycles. The predicted molar refractivity (Wildman–Crippen MR) is 145 cm³/mol. The van der Waals surface area contributed by atoms with Crippen LogP contribution >= 0.6 is 11.3 Å². The van der Waals surface area contributed by atoms with E-state index in [-0.39, 0.29) is 27.9 Å².